The predicted octanol–water partition coefficient (Wildman–Crippen LogP) is 2.83. The number of benzene rings is 1. The molecule has 15 heavy (non-hydrogen) atoms. The van der Waals surface area contributed by atoms with Gasteiger partial charge in [-0.05, 0) is 35.7 Å². The van der Waals surface area contributed by atoms with E-state index in [2.05, 4.69) is 33.9 Å². The third-order valence-electron chi connectivity index (χ3n) is 2.48. The van der Waals surface area contributed by atoms with Gasteiger partial charge < -0.3 is 4.57 Å². The molecule has 1 aromatic carbocycles. The van der Waals surface area contributed by atoms with Gasteiger partial charge in [0, 0.05) is 24.3 Å². The third-order valence-corrected chi connectivity index (χ3v) is 2.48. The molecule has 0 spiro atoms. The highest BCUT2D eigenvalue weighted by atomic mass is 15.0. The van der Waals surface area contributed by atoms with E-state index in [0.717, 1.165) is 5.69 Å². The largest absolute Gasteiger partial charge is 0.316 e. The van der Waals surface area contributed by atoms with Crippen LogP contribution >= 0.6 is 0 Å². The summed E-state index contributed by atoms with van der Waals surface area (Å²) in [5.74, 6) is 0. The Balaban J connectivity index is 2.28. The van der Waals surface area contributed by atoms with Crippen molar-refractivity contribution in [2.45, 2.75) is 0 Å². The predicted molar refractivity (Wildman–Crippen MR) is 59.9 cm³/mol. The highest BCUT2D eigenvalue weighted by molar-refractivity contribution is 5.81. The molecule has 0 N–H and O–H groups in total. The van der Waals surface area contributed by atoms with E-state index >= 15 is 0 Å². The lowest BCUT2D eigenvalue weighted by atomic mass is 10.2. The van der Waals surface area contributed by atoms with Crippen LogP contribution in [-0.2, 0) is 0 Å². The Labute approximate surface area is 87.8 Å². The molecule has 71 valence electrons. The van der Waals surface area contributed by atoms with Gasteiger partial charge in [0.25, 0.3) is 0 Å². The Kier molecular flexibility index (Phi) is 1.78. The summed E-state index contributed by atoms with van der Waals surface area (Å²) in [4.78, 5) is 4.01. The molecule has 0 aliphatic rings. The summed E-state index contributed by atoms with van der Waals surface area (Å²) in [6.45, 7) is 0. The van der Waals surface area contributed by atoms with Crippen molar-refractivity contribution in [3.8, 4) is 5.69 Å². The minimum atomic E-state index is 1.12. The van der Waals surface area contributed by atoms with Crippen molar-refractivity contribution in [3.05, 3.63) is 61.1 Å². The lowest BCUT2D eigenvalue weighted by molar-refractivity contribution is 1.11. The zero-order valence-corrected chi connectivity index (χ0v) is 8.09. The van der Waals surface area contributed by atoms with Crippen LogP contribution in [0.4, 0.5) is 0 Å². The quantitative estimate of drug-likeness (QED) is 0.581. The van der Waals surface area contributed by atoms with E-state index in [1.807, 2.05) is 24.3 Å². The maximum absolute atomic E-state index is 4.01. The van der Waals surface area contributed by atoms with Crippen molar-refractivity contribution in [2.75, 3.05) is 0 Å². The number of aromatic nitrogens is 2. The average molecular weight is 193 g/mol. The standard InChI is InChI=1S/C13H9N2/c1-2-4-13-11(3-1)7-10-15(13)12-5-8-14-9-6-12/h1,3-10H. The molecule has 0 saturated heterocycles. The molecule has 0 fully saturated rings. The summed E-state index contributed by atoms with van der Waals surface area (Å²) in [6, 6.07) is 15.2. The number of fused-ring (bicyclic) bond motifs is 1. The van der Waals surface area contributed by atoms with Crippen molar-refractivity contribution < 1.29 is 0 Å². The van der Waals surface area contributed by atoms with Gasteiger partial charge in [-0.2, -0.15) is 0 Å². The van der Waals surface area contributed by atoms with Gasteiger partial charge in [-0.15, -0.1) is 0 Å². The van der Waals surface area contributed by atoms with Crippen LogP contribution in [0.15, 0.2) is 55.0 Å². The smallest absolute Gasteiger partial charge is 0.0534 e. The maximum Gasteiger partial charge on any atom is 0.0534 e. The van der Waals surface area contributed by atoms with Crippen LogP contribution in [0, 0.1) is 6.07 Å². The zero-order chi connectivity index (χ0) is 10.1. The molecule has 3 rings (SSSR count). The molecule has 0 aliphatic heterocycles. The van der Waals surface area contributed by atoms with Gasteiger partial charge in [0.1, 0.15) is 0 Å². The van der Waals surface area contributed by atoms with Gasteiger partial charge in [-0.3, -0.25) is 4.98 Å². The van der Waals surface area contributed by atoms with Crippen LogP contribution in [0.3, 0.4) is 0 Å². The lowest BCUT2D eigenvalue weighted by Crippen LogP contribution is -1.90. The lowest BCUT2D eigenvalue weighted by Gasteiger charge is -2.03. The highest BCUT2D eigenvalue weighted by Crippen LogP contribution is 2.18. The van der Waals surface area contributed by atoms with E-state index < -0.39 is 0 Å². The van der Waals surface area contributed by atoms with Gasteiger partial charge in [0.15, 0.2) is 0 Å². The SMILES string of the molecule is [c]1ccc2ccn(-c3ccncc3)c2c1. The van der Waals surface area contributed by atoms with Crippen LogP contribution in [0.2, 0.25) is 0 Å². The van der Waals surface area contributed by atoms with E-state index in [9.17, 15) is 0 Å². The molecule has 2 heteroatoms. The first-order valence-corrected chi connectivity index (χ1v) is 4.83. The topological polar surface area (TPSA) is 17.8 Å². The molecular formula is C13H9N2. The third kappa shape index (κ3) is 1.31. The van der Waals surface area contributed by atoms with E-state index in [1.54, 1.807) is 12.4 Å². The second kappa shape index (κ2) is 3.24. The second-order valence-electron chi connectivity index (χ2n) is 3.38. The van der Waals surface area contributed by atoms with Crippen molar-refractivity contribution >= 4 is 10.9 Å². The minimum absolute atomic E-state index is 1.12. The Morgan fingerprint density at radius 1 is 1.07 bits per heavy atom. The summed E-state index contributed by atoms with van der Waals surface area (Å²) >= 11 is 0. The molecule has 2 aromatic heterocycles. The van der Waals surface area contributed by atoms with Crippen LogP contribution in [0.1, 0.15) is 0 Å². The first-order chi connectivity index (χ1) is 7.45. The molecule has 0 unspecified atom stereocenters. The van der Waals surface area contributed by atoms with Crippen LogP contribution in [0.5, 0.6) is 0 Å². The summed E-state index contributed by atoms with van der Waals surface area (Å²) in [5, 5.41) is 1.23. The molecule has 0 bridgehead atoms. The molecule has 3 aromatic rings. The monoisotopic (exact) mass is 193 g/mol. The Morgan fingerprint density at radius 3 is 2.80 bits per heavy atom. The second-order valence-corrected chi connectivity index (χ2v) is 3.38. The van der Waals surface area contributed by atoms with Crippen LogP contribution in [-0.4, -0.2) is 9.55 Å². The fourth-order valence-electron chi connectivity index (χ4n) is 1.75. The maximum atomic E-state index is 4.01. The van der Waals surface area contributed by atoms with Gasteiger partial charge in [-0.1, -0.05) is 12.1 Å². The van der Waals surface area contributed by atoms with E-state index in [4.69, 9.17) is 0 Å². The first kappa shape index (κ1) is 8.24. The van der Waals surface area contributed by atoms with Gasteiger partial charge in [0.2, 0.25) is 0 Å². The molecule has 0 atom stereocenters. The van der Waals surface area contributed by atoms with Crippen molar-refractivity contribution in [1.29, 1.82) is 0 Å². The summed E-state index contributed by atoms with van der Waals surface area (Å²) < 4.78 is 2.13. The number of pyridine rings is 1. The number of nitrogens with zero attached hydrogens (tertiary/aromatic N) is 2. The number of hydrogen-bond donors (Lipinski definition) is 0. The molecule has 0 aliphatic carbocycles. The molecule has 1 radical (unpaired) electrons. The molecular weight excluding hydrogens is 184 g/mol. The van der Waals surface area contributed by atoms with Crippen molar-refractivity contribution in [1.82, 2.24) is 9.55 Å². The zero-order valence-electron chi connectivity index (χ0n) is 8.09. The molecule has 0 amide bonds. The van der Waals surface area contributed by atoms with Gasteiger partial charge in [-0.25, -0.2) is 0 Å². The normalized spacial score (nSPS) is 10.7. The van der Waals surface area contributed by atoms with Crippen LogP contribution in [0.25, 0.3) is 16.6 Å². The summed E-state index contributed by atoms with van der Waals surface area (Å²) in [6.07, 6.45) is 5.66. The van der Waals surface area contributed by atoms with Crippen LogP contribution < -0.4 is 0 Å². The fourth-order valence-corrected chi connectivity index (χ4v) is 1.75. The Bertz CT molecular complexity index is 582. The van der Waals surface area contributed by atoms with E-state index in [-0.39, 0.29) is 0 Å². The number of hydrogen-bond acceptors (Lipinski definition) is 1. The molecule has 2 nitrogen and oxygen atoms in total. The minimum Gasteiger partial charge on any atom is -0.316 e. The molecule has 0 saturated carbocycles. The first-order valence-electron chi connectivity index (χ1n) is 4.83. The Morgan fingerprint density at radius 2 is 1.93 bits per heavy atom. The van der Waals surface area contributed by atoms with Crippen molar-refractivity contribution in [2.24, 2.45) is 0 Å². The van der Waals surface area contributed by atoms with Gasteiger partial charge in [0.05, 0.1) is 5.52 Å². The molecule has 2 heterocycles. The average Bonchev–Trinajstić information content (AvgIpc) is 2.74. The Hall–Kier alpha value is -2.09. The summed E-state index contributed by atoms with van der Waals surface area (Å²) in [7, 11) is 0. The summed E-state index contributed by atoms with van der Waals surface area (Å²) in [5.41, 5.74) is 2.29. The fraction of sp³-hybridized carbons (Fsp3) is 0. The highest BCUT2D eigenvalue weighted by Gasteiger charge is 2.00. The number of rotatable bonds is 1. The van der Waals surface area contributed by atoms with Crippen molar-refractivity contribution in [3.63, 3.8) is 0 Å². The van der Waals surface area contributed by atoms with Gasteiger partial charge >= 0.3 is 0 Å². The van der Waals surface area contributed by atoms with E-state index in [0.29, 0.717) is 0 Å². The van der Waals surface area contributed by atoms with E-state index in [1.165, 1.54) is 10.9 Å².